The number of esters is 2. The number of aromatic amines is 1. The Morgan fingerprint density at radius 2 is 1.45 bits per heavy atom. The van der Waals surface area contributed by atoms with Crippen LogP contribution < -0.4 is 5.32 Å². The highest BCUT2D eigenvalue weighted by atomic mass is 16.5. The third-order valence-corrected chi connectivity index (χ3v) is 20.2. The number of hydrogen-bond donors (Lipinski definition) is 2. The van der Waals surface area contributed by atoms with Crippen molar-refractivity contribution in [2.45, 2.75) is 165 Å². The fourth-order valence-electron chi connectivity index (χ4n) is 15.9. The van der Waals surface area contributed by atoms with Crippen LogP contribution in [0.2, 0.25) is 0 Å². The summed E-state index contributed by atoms with van der Waals surface area (Å²) in [5, 5.41) is 10.8. The summed E-state index contributed by atoms with van der Waals surface area (Å²) < 4.78 is 12.3. The van der Waals surface area contributed by atoms with Crippen molar-refractivity contribution >= 4 is 29.4 Å². The molecular formula is C59H77N3O7. The molecule has 0 unspecified atom stereocenters. The second-order valence-electron chi connectivity index (χ2n) is 25.3. The molecule has 2 aromatic carbocycles. The lowest BCUT2D eigenvalue weighted by atomic mass is 9.33. The monoisotopic (exact) mass is 940 g/mol. The number of carbonyl (C=O) groups is 5. The van der Waals surface area contributed by atoms with Crippen molar-refractivity contribution in [2.75, 3.05) is 0 Å². The first-order chi connectivity index (χ1) is 32.4. The normalized spacial score (nSPS) is 34.3. The van der Waals surface area contributed by atoms with E-state index >= 15 is 0 Å². The third-order valence-electron chi connectivity index (χ3n) is 20.2. The fraction of sp³-hybridized carbons (Fsp3) is 0.627. The minimum atomic E-state index is -1.04. The number of ether oxygens (including phenoxy) is 2. The van der Waals surface area contributed by atoms with E-state index in [0.29, 0.717) is 36.1 Å². The molecule has 69 heavy (non-hydrogen) atoms. The highest BCUT2D eigenvalue weighted by Crippen LogP contribution is 2.76. The molecular weight excluding hydrogens is 863 g/mol. The number of benzene rings is 2. The van der Waals surface area contributed by atoms with Crippen LogP contribution >= 0.6 is 0 Å². The highest BCUT2D eigenvalue weighted by Gasteiger charge is 2.71. The maximum absolute atomic E-state index is 14.7. The fourth-order valence-corrected chi connectivity index (χ4v) is 15.9. The van der Waals surface area contributed by atoms with Crippen molar-refractivity contribution in [3.63, 3.8) is 0 Å². The van der Waals surface area contributed by atoms with Crippen LogP contribution in [0.3, 0.4) is 0 Å². The van der Waals surface area contributed by atoms with Crippen LogP contribution in [0.25, 0.3) is 11.3 Å². The average Bonchev–Trinajstić information content (AvgIpc) is 3.90. The predicted molar refractivity (Wildman–Crippen MR) is 266 cm³/mol. The maximum Gasteiger partial charge on any atom is 0.309 e. The van der Waals surface area contributed by atoms with Crippen LogP contribution in [0.5, 0.6) is 0 Å². The summed E-state index contributed by atoms with van der Waals surface area (Å²) in [6, 6.07) is 21.1. The number of allylic oxidation sites excluding steroid dienone is 1. The van der Waals surface area contributed by atoms with Gasteiger partial charge in [-0.05, 0) is 126 Å². The predicted octanol–water partition coefficient (Wildman–Crippen LogP) is 11.8. The smallest absolute Gasteiger partial charge is 0.309 e. The van der Waals surface area contributed by atoms with E-state index in [2.05, 4.69) is 64.0 Å². The maximum atomic E-state index is 14.7. The quantitative estimate of drug-likeness (QED) is 0.135. The van der Waals surface area contributed by atoms with Gasteiger partial charge in [-0.25, -0.2) is 0 Å². The van der Waals surface area contributed by atoms with Crippen molar-refractivity contribution in [1.82, 2.24) is 15.5 Å². The molecule has 1 aromatic heterocycles. The second-order valence-corrected chi connectivity index (χ2v) is 25.3. The molecule has 0 saturated heterocycles. The Morgan fingerprint density at radius 3 is 2.12 bits per heavy atom. The molecule has 3 aromatic rings. The zero-order chi connectivity index (χ0) is 49.7. The molecule has 10 heteroatoms. The summed E-state index contributed by atoms with van der Waals surface area (Å²) in [4.78, 5) is 70.1. The van der Waals surface area contributed by atoms with E-state index in [4.69, 9.17) is 9.47 Å². The average molecular weight is 940 g/mol. The van der Waals surface area contributed by atoms with Gasteiger partial charge in [0.15, 0.2) is 11.6 Å². The van der Waals surface area contributed by atoms with Gasteiger partial charge < -0.3 is 14.8 Å². The molecule has 10 nitrogen and oxygen atoms in total. The van der Waals surface area contributed by atoms with Crippen LogP contribution in [0.15, 0.2) is 77.9 Å². The number of hydrogen-bond acceptors (Lipinski definition) is 8. The van der Waals surface area contributed by atoms with Crippen LogP contribution in [-0.4, -0.2) is 51.3 Å². The summed E-state index contributed by atoms with van der Waals surface area (Å²) in [5.74, 6) is -0.451. The van der Waals surface area contributed by atoms with Crippen LogP contribution in [0.4, 0.5) is 0 Å². The largest absolute Gasteiger partial charge is 0.462 e. The molecule has 10 atom stereocenters. The van der Waals surface area contributed by atoms with E-state index in [1.807, 2.05) is 88.4 Å². The molecule has 0 radical (unpaired) electrons. The van der Waals surface area contributed by atoms with Gasteiger partial charge in [-0.2, -0.15) is 5.10 Å². The lowest BCUT2D eigenvalue weighted by Gasteiger charge is -2.72. The minimum Gasteiger partial charge on any atom is -0.462 e. The van der Waals surface area contributed by atoms with Crippen molar-refractivity contribution < 1.29 is 33.4 Å². The van der Waals surface area contributed by atoms with Crippen molar-refractivity contribution in [1.29, 1.82) is 0 Å². The lowest BCUT2D eigenvalue weighted by Crippen LogP contribution is -2.67. The Hall–Kier alpha value is -4.86. The lowest BCUT2D eigenvalue weighted by molar-refractivity contribution is -0.235. The van der Waals surface area contributed by atoms with E-state index in [9.17, 15) is 24.0 Å². The van der Waals surface area contributed by atoms with E-state index in [-0.39, 0.29) is 100 Å². The molecule has 1 amide bonds. The SMILES string of the molecule is CC(C)C1=C2[C@H]3CC[C@@H]4[C@@]5(C)CC[C@H](OC(=O)[C@H]6C[C@@H](C(=O)OCc7ccccc7)C6(C)C)C(C)(C)[C@@H]5CC[C@@]4(C)[C@]3(C)CC[C@@]2(NC(=O)C(C)(C)CC(=O)c2cc(-c3ccccc3)n[nH]2)CC1=O. The Labute approximate surface area is 410 Å². The molecule has 6 aliphatic rings. The molecule has 9 rings (SSSR count). The van der Waals surface area contributed by atoms with Gasteiger partial charge in [0, 0.05) is 23.8 Å². The number of ketones is 2. The molecule has 370 valence electrons. The van der Waals surface area contributed by atoms with E-state index < -0.39 is 16.4 Å². The molecule has 5 saturated carbocycles. The summed E-state index contributed by atoms with van der Waals surface area (Å²) >= 11 is 0. The number of amides is 1. The Morgan fingerprint density at radius 1 is 0.783 bits per heavy atom. The standard InChI is InChI=1S/C59H77N3O7/c1-35(2)48-44(64)33-59(60-52(67)53(3,4)32-43(63)42-31-41(61-62-42)37-20-16-13-17-21-37)29-28-57(10)38(49(48)59)22-23-46-56(9)26-25-47(55(7,8)45(56)24-27-58(46,57)11)69-51(66)40-30-39(54(40,5)6)50(65)68-34-36-18-14-12-15-19-36/h12-21,31,35,38-40,45-47H,22-30,32-34H2,1-11H3,(H,60,67)(H,61,62)/t38-,39+,40-,45+,46-,47+,56+,57-,58-,59-/m1/s1. The molecule has 6 aliphatic carbocycles. The molecule has 0 spiro atoms. The van der Waals surface area contributed by atoms with Gasteiger partial charge in [0.2, 0.25) is 5.91 Å². The van der Waals surface area contributed by atoms with Gasteiger partial charge >= 0.3 is 11.9 Å². The van der Waals surface area contributed by atoms with Crippen LogP contribution in [-0.2, 0) is 35.3 Å². The van der Waals surface area contributed by atoms with Gasteiger partial charge in [-0.15, -0.1) is 0 Å². The second kappa shape index (κ2) is 17.2. The Balaban J connectivity index is 0.896. The summed E-state index contributed by atoms with van der Waals surface area (Å²) in [6.07, 6.45) is 7.90. The summed E-state index contributed by atoms with van der Waals surface area (Å²) in [5.41, 5.74) is 2.23. The molecule has 2 N–H and O–H groups in total. The number of nitrogens with zero attached hydrogens (tertiary/aromatic N) is 1. The summed E-state index contributed by atoms with van der Waals surface area (Å²) in [6.45, 7) is 24.4. The van der Waals surface area contributed by atoms with Gasteiger partial charge in [0.1, 0.15) is 18.4 Å². The van der Waals surface area contributed by atoms with Gasteiger partial charge in [-0.3, -0.25) is 29.1 Å². The summed E-state index contributed by atoms with van der Waals surface area (Å²) in [7, 11) is 0. The highest BCUT2D eigenvalue weighted by molar-refractivity contribution is 6.03. The van der Waals surface area contributed by atoms with E-state index in [0.717, 1.165) is 61.6 Å². The number of carbonyl (C=O) groups excluding carboxylic acids is 5. The molecule has 1 heterocycles. The van der Waals surface area contributed by atoms with Crippen molar-refractivity contribution in [2.24, 2.45) is 68.0 Å². The Kier molecular flexibility index (Phi) is 12.2. The number of rotatable bonds is 12. The van der Waals surface area contributed by atoms with E-state index in [1.54, 1.807) is 6.07 Å². The van der Waals surface area contributed by atoms with Crippen molar-refractivity contribution in [3.05, 3.63) is 89.1 Å². The van der Waals surface area contributed by atoms with Crippen LogP contribution in [0, 0.1) is 68.0 Å². The number of fused-ring (bicyclic) bond motifs is 7. The van der Waals surface area contributed by atoms with Crippen LogP contribution in [0.1, 0.15) is 163 Å². The van der Waals surface area contributed by atoms with Gasteiger partial charge in [0.05, 0.1) is 28.5 Å². The number of H-pyrrole nitrogens is 1. The minimum absolute atomic E-state index is 0.00252. The first kappa shape index (κ1) is 49.1. The molecule has 0 bridgehead atoms. The number of Topliss-reactive ketones (excluding diaryl/α,β-unsaturated/α-hetero) is 2. The van der Waals surface area contributed by atoms with Gasteiger partial charge in [-0.1, -0.05) is 137 Å². The first-order valence-electron chi connectivity index (χ1n) is 26.0. The molecule has 0 aliphatic heterocycles. The van der Waals surface area contributed by atoms with E-state index in [1.165, 1.54) is 5.57 Å². The van der Waals surface area contributed by atoms with Crippen molar-refractivity contribution in [3.8, 4) is 11.3 Å². The number of nitrogens with one attached hydrogen (secondary N) is 2. The zero-order valence-electron chi connectivity index (χ0n) is 43.2. The third kappa shape index (κ3) is 7.87. The number of aromatic nitrogens is 2. The Bertz CT molecular complexity index is 2560. The zero-order valence-corrected chi connectivity index (χ0v) is 43.2. The topological polar surface area (TPSA) is 145 Å². The van der Waals surface area contributed by atoms with Gasteiger partial charge in [0.25, 0.3) is 0 Å². The molecule has 5 fully saturated rings. The first-order valence-corrected chi connectivity index (χ1v) is 26.0.